The molecule has 0 saturated carbocycles. The SMILES string of the molecule is O=C(NCc1cccnc1N1CCCCC1)Nc1cccc(N2CCCC2)c1. The molecule has 0 bridgehead atoms. The van der Waals surface area contributed by atoms with Crippen molar-refractivity contribution in [2.24, 2.45) is 0 Å². The summed E-state index contributed by atoms with van der Waals surface area (Å²) in [7, 11) is 0. The molecule has 0 spiro atoms. The van der Waals surface area contributed by atoms with Crippen LogP contribution in [0.1, 0.15) is 37.7 Å². The molecule has 0 unspecified atom stereocenters. The molecule has 2 saturated heterocycles. The number of benzene rings is 1. The highest BCUT2D eigenvalue weighted by Crippen LogP contribution is 2.24. The number of pyridine rings is 1. The standard InChI is InChI=1S/C22H29N5O/c28-22(25-19-9-6-10-20(16-19)26-12-4-5-13-26)24-17-18-8-7-11-23-21(18)27-14-2-1-3-15-27/h6-11,16H,1-5,12-15,17H2,(H2,24,25,28). The average Bonchev–Trinajstić information content (AvgIpc) is 3.28. The topological polar surface area (TPSA) is 60.5 Å². The number of hydrogen-bond acceptors (Lipinski definition) is 4. The summed E-state index contributed by atoms with van der Waals surface area (Å²) in [6.45, 7) is 4.74. The number of aromatic nitrogens is 1. The Hall–Kier alpha value is -2.76. The summed E-state index contributed by atoms with van der Waals surface area (Å²) in [6, 6.07) is 11.9. The molecule has 2 N–H and O–H groups in total. The Bertz CT molecular complexity index is 797. The number of carbonyl (C=O) groups excluding carboxylic acids is 1. The zero-order chi connectivity index (χ0) is 19.2. The number of anilines is 3. The van der Waals surface area contributed by atoms with Gasteiger partial charge in [0.2, 0.25) is 0 Å². The van der Waals surface area contributed by atoms with E-state index in [9.17, 15) is 4.79 Å². The first-order valence-corrected chi connectivity index (χ1v) is 10.4. The lowest BCUT2D eigenvalue weighted by molar-refractivity contribution is 0.251. The predicted molar refractivity (Wildman–Crippen MR) is 114 cm³/mol. The number of urea groups is 1. The smallest absolute Gasteiger partial charge is 0.319 e. The van der Waals surface area contributed by atoms with Gasteiger partial charge >= 0.3 is 6.03 Å². The van der Waals surface area contributed by atoms with Crippen molar-refractivity contribution in [1.82, 2.24) is 10.3 Å². The normalized spacial score (nSPS) is 16.9. The highest BCUT2D eigenvalue weighted by Gasteiger charge is 2.16. The van der Waals surface area contributed by atoms with Crippen LogP contribution in [0.2, 0.25) is 0 Å². The molecule has 4 rings (SSSR count). The molecule has 3 heterocycles. The first kappa shape index (κ1) is 18.6. The van der Waals surface area contributed by atoms with Gasteiger partial charge in [-0.1, -0.05) is 12.1 Å². The number of hydrogen-bond donors (Lipinski definition) is 2. The van der Waals surface area contributed by atoms with E-state index in [0.717, 1.165) is 43.2 Å². The van der Waals surface area contributed by atoms with E-state index in [-0.39, 0.29) is 6.03 Å². The van der Waals surface area contributed by atoms with Crippen LogP contribution in [0.5, 0.6) is 0 Å². The maximum atomic E-state index is 12.4. The minimum Gasteiger partial charge on any atom is -0.371 e. The summed E-state index contributed by atoms with van der Waals surface area (Å²) < 4.78 is 0. The van der Waals surface area contributed by atoms with Crippen molar-refractivity contribution in [3.05, 3.63) is 48.2 Å². The molecule has 28 heavy (non-hydrogen) atoms. The third-order valence-corrected chi connectivity index (χ3v) is 5.54. The fourth-order valence-electron chi connectivity index (χ4n) is 4.07. The summed E-state index contributed by atoms with van der Waals surface area (Å²) in [5, 5.41) is 5.95. The maximum Gasteiger partial charge on any atom is 0.319 e. The molecule has 6 heteroatoms. The van der Waals surface area contributed by atoms with Gasteiger partial charge in [0, 0.05) is 55.9 Å². The van der Waals surface area contributed by atoms with Crippen molar-refractivity contribution in [1.29, 1.82) is 0 Å². The van der Waals surface area contributed by atoms with Crippen molar-refractivity contribution in [3.8, 4) is 0 Å². The third kappa shape index (κ3) is 4.55. The Morgan fingerprint density at radius 2 is 1.68 bits per heavy atom. The summed E-state index contributed by atoms with van der Waals surface area (Å²) in [5.74, 6) is 0.999. The summed E-state index contributed by atoms with van der Waals surface area (Å²) in [6.07, 6.45) is 8.01. The van der Waals surface area contributed by atoms with Crippen molar-refractivity contribution < 1.29 is 4.79 Å². The van der Waals surface area contributed by atoms with E-state index in [1.807, 2.05) is 36.5 Å². The number of rotatable bonds is 5. The van der Waals surface area contributed by atoms with Gasteiger partial charge < -0.3 is 20.4 Å². The zero-order valence-electron chi connectivity index (χ0n) is 16.4. The second kappa shape index (κ2) is 8.95. The van der Waals surface area contributed by atoms with Crippen molar-refractivity contribution in [2.75, 3.05) is 41.3 Å². The van der Waals surface area contributed by atoms with E-state index in [1.165, 1.54) is 37.8 Å². The third-order valence-electron chi connectivity index (χ3n) is 5.54. The Labute approximate surface area is 166 Å². The molecule has 2 aliphatic rings. The number of piperidine rings is 1. The van der Waals surface area contributed by atoms with Crippen LogP contribution in [0.4, 0.5) is 22.0 Å². The second-order valence-corrected chi connectivity index (χ2v) is 7.59. The summed E-state index contributed by atoms with van der Waals surface area (Å²) in [5.41, 5.74) is 3.06. The molecular weight excluding hydrogens is 350 g/mol. The van der Waals surface area contributed by atoms with Crippen LogP contribution >= 0.6 is 0 Å². The van der Waals surface area contributed by atoms with Gasteiger partial charge in [0.25, 0.3) is 0 Å². The van der Waals surface area contributed by atoms with Crippen LogP contribution in [-0.4, -0.2) is 37.2 Å². The van der Waals surface area contributed by atoms with Crippen LogP contribution in [0.3, 0.4) is 0 Å². The van der Waals surface area contributed by atoms with Gasteiger partial charge in [-0.05, 0) is 56.4 Å². The molecule has 0 aliphatic carbocycles. The van der Waals surface area contributed by atoms with Crippen LogP contribution < -0.4 is 20.4 Å². The molecule has 6 nitrogen and oxygen atoms in total. The van der Waals surface area contributed by atoms with Crippen molar-refractivity contribution >= 4 is 23.2 Å². The van der Waals surface area contributed by atoms with E-state index in [4.69, 9.17) is 0 Å². The zero-order valence-corrected chi connectivity index (χ0v) is 16.4. The van der Waals surface area contributed by atoms with Gasteiger partial charge in [0.15, 0.2) is 0 Å². The summed E-state index contributed by atoms with van der Waals surface area (Å²) >= 11 is 0. The minimum atomic E-state index is -0.188. The van der Waals surface area contributed by atoms with Crippen LogP contribution in [-0.2, 0) is 6.54 Å². The molecule has 1 aromatic carbocycles. The van der Waals surface area contributed by atoms with Gasteiger partial charge in [-0.2, -0.15) is 0 Å². The predicted octanol–water partition coefficient (Wildman–Crippen LogP) is 3.99. The fourth-order valence-corrected chi connectivity index (χ4v) is 4.07. The molecule has 0 atom stereocenters. The molecular formula is C22H29N5O. The molecule has 0 radical (unpaired) electrons. The highest BCUT2D eigenvalue weighted by atomic mass is 16.2. The number of nitrogens with zero attached hydrogens (tertiary/aromatic N) is 3. The van der Waals surface area contributed by atoms with Gasteiger partial charge in [0.1, 0.15) is 5.82 Å². The van der Waals surface area contributed by atoms with Crippen molar-refractivity contribution in [2.45, 2.75) is 38.6 Å². The Balaban J connectivity index is 1.35. The van der Waals surface area contributed by atoms with Gasteiger partial charge in [-0.25, -0.2) is 9.78 Å². The Morgan fingerprint density at radius 1 is 0.929 bits per heavy atom. The van der Waals surface area contributed by atoms with E-state index >= 15 is 0 Å². The molecule has 1 aromatic heterocycles. The lowest BCUT2D eigenvalue weighted by Gasteiger charge is -2.29. The van der Waals surface area contributed by atoms with Crippen LogP contribution in [0.15, 0.2) is 42.6 Å². The lowest BCUT2D eigenvalue weighted by Crippen LogP contribution is -2.33. The first-order valence-electron chi connectivity index (χ1n) is 10.4. The molecule has 2 aromatic rings. The first-order chi connectivity index (χ1) is 13.8. The van der Waals surface area contributed by atoms with Crippen LogP contribution in [0.25, 0.3) is 0 Å². The maximum absolute atomic E-state index is 12.4. The average molecular weight is 380 g/mol. The van der Waals surface area contributed by atoms with E-state index in [0.29, 0.717) is 6.54 Å². The van der Waals surface area contributed by atoms with Crippen molar-refractivity contribution in [3.63, 3.8) is 0 Å². The lowest BCUT2D eigenvalue weighted by atomic mass is 10.1. The monoisotopic (exact) mass is 379 g/mol. The number of amides is 2. The molecule has 2 fully saturated rings. The fraction of sp³-hybridized carbons (Fsp3) is 0.455. The summed E-state index contributed by atoms with van der Waals surface area (Å²) in [4.78, 5) is 21.7. The van der Waals surface area contributed by atoms with Gasteiger partial charge in [0.05, 0.1) is 0 Å². The quantitative estimate of drug-likeness (QED) is 0.825. The molecule has 2 amide bonds. The van der Waals surface area contributed by atoms with E-state index in [1.54, 1.807) is 0 Å². The van der Waals surface area contributed by atoms with Crippen LogP contribution in [0, 0.1) is 0 Å². The van der Waals surface area contributed by atoms with Gasteiger partial charge in [-0.15, -0.1) is 0 Å². The van der Waals surface area contributed by atoms with Gasteiger partial charge in [-0.3, -0.25) is 0 Å². The Morgan fingerprint density at radius 3 is 2.50 bits per heavy atom. The molecule has 148 valence electrons. The van der Waals surface area contributed by atoms with E-state index < -0.39 is 0 Å². The Kier molecular flexibility index (Phi) is 5.95. The molecule has 2 aliphatic heterocycles. The number of nitrogens with one attached hydrogen (secondary N) is 2. The largest absolute Gasteiger partial charge is 0.371 e. The second-order valence-electron chi connectivity index (χ2n) is 7.59. The highest BCUT2D eigenvalue weighted by molar-refractivity contribution is 5.89. The van der Waals surface area contributed by atoms with E-state index in [2.05, 4.69) is 31.5 Å². The minimum absolute atomic E-state index is 0.188. The number of carbonyl (C=O) groups is 1.